The molecule has 7 heteroatoms. The van der Waals surface area contributed by atoms with E-state index < -0.39 is 0 Å². The van der Waals surface area contributed by atoms with Gasteiger partial charge in [-0.05, 0) is 11.6 Å². The van der Waals surface area contributed by atoms with Gasteiger partial charge in [-0.2, -0.15) is 5.10 Å². The van der Waals surface area contributed by atoms with Gasteiger partial charge in [-0.15, -0.1) is 0 Å². The highest BCUT2D eigenvalue weighted by Gasteiger charge is 2.14. The summed E-state index contributed by atoms with van der Waals surface area (Å²) >= 11 is 6.26. The van der Waals surface area contributed by atoms with Crippen molar-refractivity contribution in [1.82, 2.24) is 29.3 Å². The molecule has 0 aliphatic heterocycles. The fourth-order valence-corrected chi connectivity index (χ4v) is 2.96. The van der Waals surface area contributed by atoms with Gasteiger partial charge in [0.2, 0.25) is 0 Å². The van der Waals surface area contributed by atoms with Crippen molar-refractivity contribution < 1.29 is 0 Å². The number of hydrogen-bond acceptors (Lipinski definition) is 4. The Balaban J connectivity index is 1.81. The average molecular weight is 339 g/mol. The maximum Gasteiger partial charge on any atom is 0.163 e. The Morgan fingerprint density at radius 3 is 2.83 bits per heavy atom. The van der Waals surface area contributed by atoms with Crippen molar-refractivity contribution >= 4 is 22.6 Å². The van der Waals surface area contributed by atoms with Crippen LogP contribution in [0.15, 0.2) is 49.2 Å². The first kappa shape index (κ1) is 14.8. The average Bonchev–Trinajstić information content (AvgIpc) is 3.23. The number of halogens is 1. The van der Waals surface area contributed by atoms with Crippen molar-refractivity contribution in [1.29, 1.82) is 0 Å². The third kappa shape index (κ3) is 2.45. The Bertz CT molecular complexity index is 1000. The Hall–Kier alpha value is -2.73. The minimum atomic E-state index is 0.560. The maximum atomic E-state index is 6.26. The second-order valence-corrected chi connectivity index (χ2v) is 5.80. The first-order chi connectivity index (χ1) is 11.8. The highest BCUT2D eigenvalue weighted by molar-refractivity contribution is 6.31. The maximum absolute atomic E-state index is 6.26. The molecule has 0 amide bonds. The van der Waals surface area contributed by atoms with E-state index in [1.807, 2.05) is 39.7 Å². The number of aryl methyl sites for hydroxylation is 1. The van der Waals surface area contributed by atoms with E-state index in [-0.39, 0.29) is 0 Å². The summed E-state index contributed by atoms with van der Waals surface area (Å²) in [5, 5.41) is 6.09. The van der Waals surface area contributed by atoms with Crippen molar-refractivity contribution in [2.75, 3.05) is 0 Å². The zero-order chi connectivity index (χ0) is 16.5. The highest BCUT2D eigenvalue weighted by Crippen LogP contribution is 2.22. The zero-order valence-corrected chi connectivity index (χ0v) is 13.9. The molecule has 0 fully saturated rings. The second-order valence-electron chi connectivity index (χ2n) is 5.40. The molecular formula is C17H15ClN6. The van der Waals surface area contributed by atoms with Crippen LogP contribution in [0.1, 0.15) is 18.3 Å². The normalized spacial score (nSPS) is 11.2. The van der Waals surface area contributed by atoms with Gasteiger partial charge in [0.05, 0.1) is 18.1 Å². The van der Waals surface area contributed by atoms with Gasteiger partial charge in [0.1, 0.15) is 12.2 Å². The van der Waals surface area contributed by atoms with E-state index in [2.05, 4.69) is 27.0 Å². The van der Waals surface area contributed by atoms with Gasteiger partial charge in [-0.25, -0.2) is 19.6 Å². The summed E-state index contributed by atoms with van der Waals surface area (Å²) in [5.74, 6) is 1.74. The van der Waals surface area contributed by atoms with E-state index in [0.717, 1.165) is 39.7 Å². The molecule has 0 aliphatic rings. The summed E-state index contributed by atoms with van der Waals surface area (Å²) < 4.78 is 3.82. The molecule has 4 aromatic rings. The molecule has 0 radical (unpaired) electrons. The monoisotopic (exact) mass is 338 g/mol. The van der Waals surface area contributed by atoms with Gasteiger partial charge in [-0.3, -0.25) is 4.57 Å². The predicted octanol–water partition coefficient (Wildman–Crippen LogP) is 3.28. The lowest BCUT2D eigenvalue weighted by Crippen LogP contribution is -2.05. The van der Waals surface area contributed by atoms with Gasteiger partial charge < -0.3 is 0 Å². The molecule has 4 rings (SSSR count). The summed E-state index contributed by atoms with van der Waals surface area (Å²) in [5.41, 5.74) is 1.77. The van der Waals surface area contributed by atoms with E-state index in [1.54, 1.807) is 18.7 Å². The number of nitrogens with zero attached hydrogens (tertiary/aromatic N) is 6. The third-order valence-electron chi connectivity index (χ3n) is 3.95. The van der Waals surface area contributed by atoms with Crippen LogP contribution < -0.4 is 0 Å². The van der Waals surface area contributed by atoms with Crippen LogP contribution in [0.5, 0.6) is 0 Å². The molecular weight excluding hydrogens is 324 g/mol. The van der Waals surface area contributed by atoms with E-state index in [9.17, 15) is 0 Å². The minimum Gasteiger partial charge on any atom is -0.287 e. The number of rotatable bonds is 4. The summed E-state index contributed by atoms with van der Waals surface area (Å²) in [6, 6.07) is 7.75. The van der Waals surface area contributed by atoms with E-state index in [1.165, 1.54) is 0 Å². The molecule has 0 spiro atoms. The summed E-state index contributed by atoms with van der Waals surface area (Å²) in [4.78, 5) is 13.2. The van der Waals surface area contributed by atoms with Crippen LogP contribution in [0, 0.1) is 0 Å². The topological polar surface area (TPSA) is 61.4 Å². The molecule has 0 saturated carbocycles. The Morgan fingerprint density at radius 2 is 2.00 bits per heavy atom. The van der Waals surface area contributed by atoms with E-state index in [4.69, 9.17) is 11.6 Å². The van der Waals surface area contributed by atoms with Crippen molar-refractivity contribution in [3.05, 3.63) is 65.6 Å². The van der Waals surface area contributed by atoms with Crippen LogP contribution in [-0.4, -0.2) is 29.3 Å². The lowest BCUT2D eigenvalue weighted by Gasteiger charge is -2.08. The predicted molar refractivity (Wildman–Crippen MR) is 92.4 cm³/mol. The van der Waals surface area contributed by atoms with Gasteiger partial charge >= 0.3 is 0 Å². The summed E-state index contributed by atoms with van der Waals surface area (Å²) in [7, 11) is 0. The van der Waals surface area contributed by atoms with Gasteiger partial charge in [0.15, 0.2) is 11.5 Å². The number of benzene rings is 1. The third-order valence-corrected chi connectivity index (χ3v) is 4.32. The molecule has 0 N–H and O–H groups in total. The highest BCUT2D eigenvalue weighted by atomic mass is 35.5. The molecule has 6 nitrogen and oxygen atoms in total. The van der Waals surface area contributed by atoms with Crippen molar-refractivity contribution in [3.63, 3.8) is 0 Å². The Labute approximate surface area is 143 Å². The first-order valence-corrected chi connectivity index (χ1v) is 8.08. The molecule has 24 heavy (non-hydrogen) atoms. The Kier molecular flexibility index (Phi) is 3.74. The largest absolute Gasteiger partial charge is 0.287 e. The molecule has 3 heterocycles. The quantitative estimate of drug-likeness (QED) is 0.573. The van der Waals surface area contributed by atoms with Crippen molar-refractivity contribution in [3.8, 4) is 5.82 Å². The number of hydrogen-bond donors (Lipinski definition) is 0. The van der Waals surface area contributed by atoms with E-state index in [0.29, 0.717) is 6.54 Å². The van der Waals surface area contributed by atoms with Crippen molar-refractivity contribution in [2.24, 2.45) is 0 Å². The molecule has 3 aromatic heterocycles. The van der Waals surface area contributed by atoms with Gasteiger partial charge in [0.25, 0.3) is 0 Å². The standard InChI is InChI=1S/C17H15ClN6/c1-2-15-19-7-8-23(15)16-13-9-22-24(17(13)21-11-20-16)10-12-5-3-4-6-14(12)18/h3-9,11H,2,10H2,1H3. The van der Waals surface area contributed by atoms with Gasteiger partial charge in [-0.1, -0.05) is 36.7 Å². The lowest BCUT2D eigenvalue weighted by molar-refractivity contribution is 0.703. The number of aromatic nitrogens is 6. The molecule has 120 valence electrons. The van der Waals surface area contributed by atoms with Crippen LogP contribution in [-0.2, 0) is 13.0 Å². The second kappa shape index (κ2) is 6.05. The summed E-state index contributed by atoms with van der Waals surface area (Å²) in [6.07, 6.45) is 7.86. The fourth-order valence-electron chi connectivity index (χ4n) is 2.77. The fraction of sp³-hybridized carbons (Fsp3) is 0.176. The van der Waals surface area contributed by atoms with Crippen LogP contribution in [0.4, 0.5) is 0 Å². The van der Waals surface area contributed by atoms with E-state index >= 15 is 0 Å². The smallest absolute Gasteiger partial charge is 0.163 e. The molecule has 0 saturated heterocycles. The molecule has 0 bridgehead atoms. The van der Waals surface area contributed by atoms with Crippen LogP contribution in [0.3, 0.4) is 0 Å². The van der Waals surface area contributed by atoms with Crippen LogP contribution in [0.2, 0.25) is 5.02 Å². The minimum absolute atomic E-state index is 0.560. The first-order valence-electron chi connectivity index (χ1n) is 7.70. The summed E-state index contributed by atoms with van der Waals surface area (Å²) in [6.45, 7) is 2.63. The molecule has 1 aromatic carbocycles. The zero-order valence-electron chi connectivity index (χ0n) is 13.1. The van der Waals surface area contributed by atoms with Crippen LogP contribution >= 0.6 is 11.6 Å². The molecule has 0 unspecified atom stereocenters. The van der Waals surface area contributed by atoms with Crippen molar-refractivity contribution in [2.45, 2.75) is 19.9 Å². The van der Waals surface area contributed by atoms with Crippen LogP contribution in [0.25, 0.3) is 16.9 Å². The Morgan fingerprint density at radius 1 is 1.12 bits per heavy atom. The molecule has 0 aliphatic carbocycles. The number of imidazole rings is 1. The van der Waals surface area contributed by atoms with Gasteiger partial charge in [0, 0.05) is 23.8 Å². The molecule has 0 atom stereocenters. The number of fused-ring (bicyclic) bond motifs is 1. The lowest BCUT2D eigenvalue weighted by atomic mass is 10.2. The SMILES string of the molecule is CCc1nccn1-c1ncnc2c1cnn2Cc1ccccc1Cl.